The fraction of sp³-hybridized carbons (Fsp3) is 0.211. The number of halogens is 1. The predicted octanol–water partition coefficient (Wildman–Crippen LogP) is 5.59. The van der Waals surface area contributed by atoms with Crippen molar-refractivity contribution in [3.05, 3.63) is 64.3 Å². The van der Waals surface area contributed by atoms with Crippen molar-refractivity contribution in [2.45, 2.75) is 25.7 Å². The first-order valence-electron chi connectivity index (χ1n) is 7.79. The third kappa shape index (κ3) is 2.91. The molecule has 4 rings (SSSR count). The topological polar surface area (TPSA) is 34.1 Å². The van der Waals surface area contributed by atoms with Crippen molar-refractivity contribution >= 4 is 32.5 Å². The third-order valence-corrected chi connectivity index (χ3v) is 4.71. The van der Waals surface area contributed by atoms with Crippen LogP contribution in [0.25, 0.3) is 10.8 Å². The normalized spacial score (nSPS) is 14.0. The molecule has 4 heteroatoms. The number of aromatic nitrogens is 1. The Bertz CT molecular complexity index is 874. The molecule has 0 radical (unpaired) electrons. The van der Waals surface area contributed by atoms with E-state index in [0.29, 0.717) is 5.92 Å². The van der Waals surface area contributed by atoms with Crippen molar-refractivity contribution in [3.8, 4) is 5.75 Å². The third-order valence-electron chi connectivity index (χ3n) is 4.22. The van der Waals surface area contributed by atoms with Gasteiger partial charge in [-0.05, 0) is 54.8 Å². The summed E-state index contributed by atoms with van der Waals surface area (Å²) in [6.45, 7) is 2.03. The summed E-state index contributed by atoms with van der Waals surface area (Å²) >= 11 is 3.47. The number of pyridine rings is 1. The Morgan fingerprint density at radius 2 is 2.00 bits per heavy atom. The van der Waals surface area contributed by atoms with Crippen LogP contribution in [0.15, 0.2) is 53.1 Å². The number of nitrogens with zero attached hydrogens (tertiary/aromatic N) is 1. The van der Waals surface area contributed by atoms with Gasteiger partial charge in [0.15, 0.2) is 11.6 Å². The molecule has 0 aliphatic heterocycles. The first kappa shape index (κ1) is 14.5. The lowest BCUT2D eigenvalue weighted by Crippen LogP contribution is -2.09. The van der Waals surface area contributed by atoms with E-state index < -0.39 is 0 Å². The highest BCUT2D eigenvalue weighted by Crippen LogP contribution is 2.46. The molecule has 1 N–H and O–H groups in total. The molecular formula is C19H17BrN2O. The second-order valence-electron chi connectivity index (χ2n) is 6.00. The summed E-state index contributed by atoms with van der Waals surface area (Å²) in [6, 6.07) is 14.4. The molecule has 1 saturated carbocycles. The molecule has 1 fully saturated rings. The molecule has 3 aromatic rings. The maximum atomic E-state index is 5.81. The fourth-order valence-corrected chi connectivity index (χ4v) is 3.36. The van der Waals surface area contributed by atoms with E-state index in [-0.39, 0.29) is 0 Å². The lowest BCUT2D eigenvalue weighted by Gasteiger charge is -2.15. The molecule has 23 heavy (non-hydrogen) atoms. The van der Waals surface area contributed by atoms with Crippen LogP contribution >= 0.6 is 15.9 Å². The van der Waals surface area contributed by atoms with E-state index in [0.717, 1.165) is 21.6 Å². The Balaban J connectivity index is 1.67. The van der Waals surface area contributed by atoms with Crippen LogP contribution in [-0.2, 0) is 0 Å². The van der Waals surface area contributed by atoms with E-state index in [9.17, 15) is 0 Å². The molecule has 0 bridgehead atoms. The molecule has 1 aromatic heterocycles. The van der Waals surface area contributed by atoms with Crippen molar-refractivity contribution in [2.24, 2.45) is 0 Å². The molecule has 1 aliphatic carbocycles. The predicted molar refractivity (Wildman–Crippen MR) is 96.8 cm³/mol. The highest BCUT2D eigenvalue weighted by atomic mass is 79.9. The number of fused-ring (bicyclic) bond motifs is 1. The van der Waals surface area contributed by atoms with Gasteiger partial charge in [-0.25, -0.2) is 10.5 Å². The summed E-state index contributed by atoms with van der Waals surface area (Å²) < 4.78 is 1.05. The Kier molecular flexibility index (Phi) is 3.69. The van der Waals surface area contributed by atoms with Crippen LogP contribution in [0.5, 0.6) is 5.75 Å². The Hall–Kier alpha value is -2.07. The molecule has 0 unspecified atom stereocenters. The molecule has 116 valence electrons. The fourth-order valence-electron chi connectivity index (χ4n) is 2.88. The van der Waals surface area contributed by atoms with Gasteiger partial charge in [0.05, 0.1) is 0 Å². The van der Waals surface area contributed by atoms with Crippen molar-refractivity contribution in [1.82, 2.24) is 4.98 Å². The number of benzene rings is 2. The number of aryl methyl sites for hydroxylation is 1. The maximum Gasteiger partial charge on any atom is 0.164 e. The smallest absolute Gasteiger partial charge is 0.164 e. The van der Waals surface area contributed by atoms with Crippen LogP contribution in [0.1, 0.15) is 29.9 Å². The average Bonchev–Trinajstić information content (AvgIpc) is 3.38. The minimum Gasteiger partial charge on any atom is -0.380 e. The highest BCUT2D eigenvalue weighted by molar-refractivity contribution is 9.10. The second kappa shape index (κ2) is 5.85. The van der Waals surface area contributed by atoms with Gasteiger partial charge in [0.1, 0.15) is 0 Å². The minimum absolute atomic E-state index is 0.589. The molecule has 2 aromatic carbocycles. The molecule has 0 spiro atoms. The molecule has 1 heterocycles. The number of rotatable bonds is 4. The number of anilines is 1. The van der Waals surface area contributed by atoms with Crippen LogP contribution in [0.3, 0.4) is 0 Å². The van der Waals surface area contributed by atoms with E-state index in [4.69, 9.17) is 4.84 Å². The molecule has 0 atom stereocenters. The Morgan fingerprint density at radius 1 is 1.17 bits per heavy atom. The lowest BCUT2D eigenvalue weighted by molar-refractivity contribution is 0.398. The second-order valence-corrected chi connectivity index (χ2v) is 6.91. The summed E-state index contributed by atoms with van der Waals surface area (Å²) in [5, 5.41) is 2.45. The molecular weight excluding hydrogens is 352 g/mol. The van der Waals surface area contributed by atoms with Crippen LogP contribution in [0.2, 0.25) is 0 Å². The number of hydrogen-bond acceptors (Lipinski definition) is 3. The number of nitrogens with one attached hydrogen (secondary N) is 1. The number of hydrogen-bond donors (Lipinski definition) is 1. The van der Waals surface area contributed by atoms with E-state index in [1.807, 2.05) is 31.3 Å². The summed E-state index contributed by atoms with van der Waals surface area (Å²) in [6.07, 6.45) is 4.35. The monoisotopic (exact) mass is 368 g/mol. The van der Waals surface area contributed by atoms with Crippen LogP contribution in [0, 0.1) is 6.92 Å². The van der Waals surface area contributed by atoms with Gasteiger partial charge in [-0.1, -0.05) is 40.2 Å². The zero-order valence-corrected chi connectivity index (χ0v) is 14.4. The Labute approximate surface area is 143 Å². The quantitative estimate of drug-likeness (QED) is 0.609. The van der Waals surface area contributed by atoms with Gasteiger partial charge in [0.2, 0.25) is 0 Å². The summed E-state index contributed by atoms with van der Waals surface area (Å²) in [5.41, 5.74) is 5.42. The van der Waals surface area contributed by atoms with Gasteiger partial charge in [-0.15, -0.1) is 0 Å². The zero-order valence-electron chi connectivity index (χ0n) is 12.8. The average molecular weight is 369 g/mol. The summed E-state index contributed by atoms with van der Waals surface area (Å²) in [5.74, 6) is 2.23. The molecule has 0 amide bonds. The van der Waals surface area contributed by atoms with Crippen molar-refractivity contribution in [1.29, 1.82) is 0 Å². The standard InChI is InChI=1S/C19H17BrN2O/c1-12-10-15(20)8-9-17(12)23-22-19-18(13-6-7-13)16-5-3-2-4-14(16)11-21-19/h2-5,8-11,13H,6-7H2,1H3,(H,21,22). The van der Waals surface area contributed by atoms with Gasteiger partial charge in [-0.3, -0.25) is 0 Å². The molecule has 1 aliphatic rings. The highest BCUT2D eigenvalue weighted by Gasteiger charge is 2.29. The van der Waals surface area contributed by atoms with E-state index in [1.54, 1.807) is 0 Å². The van der Waals surface area contributed by atoms with Crippen LogP contribution in [-0.4, -0.2) is 4.98 Å². The van der Waals surface area contributed by atoms with Gasteiger partial charge < -0.3 is 4.84 Å². The van der Waals surface area contributed by atoms with E-state index in [1.165, 1.54) is 29.2 Å². The first-order chi connectivity index (χ1) is 11.2. The van der Waals surface area contributed by atoms with Crippen molar-refractivity contribution < 1.29 is 4.84 Å². The van der Waals surface area contributed by atoms with Gasteiger partial charge in [0, 0.05) is 21.6 Å². The maximum absolute atomic E-state index is 5.81. The van der Waals surface area contributed by atoms with Gasteiger partial charge in [0.25, 0.3) is 0 Å². The van der Waals surface area contributed by atoms with Crippen LogP contribution < -0.4 is 10.3 Å². The van der Waals surface area contributed by atoms with Crippen molar-refractivity contribution in [3.63, 3.8) is 0 Å². The van der Waals surface area contributed by atoms with Crippen molar-refractivity contribution in [2.75, 3.05) is 5.48 Å². The SMILES string of the molecule is Cc1cc(Br)ccc1ONc1ncc2ccccc2c1C1CC1. The summed E-state index contributed by atoms with van der Waals surface area (Å²) in [4.78, 5) is 10.4. The molecule has 3 nitrogen and oxygen atoms in total. The van der Waals surface area contributed by atoms with Gasteiger partial charge >= 0.3 is 0 Å². The summed E-state index contributed by atoms with van der Waals surface area (Å²) in [7, 11) is 0. The first-order valence-corrected chi connectivity index (χ1v) is 8.58. The largest absolute Gasteiger partial charge is 0.380 e. The zero-order chi connectivity index (χ0) is 15.8. The van der Waals surface area contributed by atoms with E-state index in [2.05, 4.69) is 50.7 Å². The Morgan fingerprint density at radius 3 is 2.78 bits per heavy atom. The minimum atomic E-state index is 0.589. The van der Waals surface area contributed by atoms with E-state index >= 15 is 0 Å². The lowest BCUT2D eigenvalue weighted by atomic mass is 10.0. The molecule has 0 saturated heterocycles. The van der Waals surface area contributed by atoms with Gasteiger partial charge in [-0.2, -0.15) is 0 Å². The van der Waals surface area contributed by atoms with Crippen LogP contribution in [0.4, 0.5) is 5.82 Å².